The molecule has 1 unspecified atom stereocenters. The number of nitrogens with zero attached hydrogens (tertiary/aromatic N) is 2. The zero-order valence-corrected chi connectivity index (χ0v) is 18.2. The molecule has 0 aliphatic heterocycles. The Morgan fingerprint density at radius 1 is 1.13 bits per heavy atom. The summed E-state index contributed by atoms with van der Waals surface area (Å²) < 4.78 is 16.2. The molecule has 0 saturated heterocycles. The van der Waals surface area contributed by atoms with Crippen molar-refractivity contribution in [3.8, 4) is 28.1 Å². The van der Waals surface area contributed by atoms with E-state index in [1.807, 2.05) is 36.4 Å². The maximum absolute atomic E-state index is 11.6. The second-order valence-electron chi connectivity index (χ2n) is 6.42. The lowest BCUT2D eigenvalue weighted by molar-refractivity contribution is 0.321. The standard InChI is InChI=1S/C20H17ClN3O4PS/c1-28-29(26,27)11-30-20-22-16-10-15(21)18(23-19(16)24-20)13-8-6-12(7-9-13)14-4-2-3-5-17(14)25/h2-10,25H,11H2,1H3,(H,26,27)(H,22,23,24). The molecule has 7 nitrogen and oxygen atoms in total. The van der Waals surface area contributed by atoms with Crippen molar-refractivity contribution in [3.63, 3.8) is 0 Å². The molecule has 0 amide bonds. The predicted octanol–water partition coefficient (Wildman–Crippen LogP) is 5.53. The SMILES string of the molecule is COP(=O)(O)CSc1nc2nc(-c3ccc(-c4ccccc4O)cc3)c(Cl)cc2[nH]1. The summed E-state index contributed by atoms with van der Waals surface area (Å²) in [5, 5.41) is 10.9. The molecule has 0 spiro atoms. The summed E-state index contributed by atoms with van der Waals surface area (Å²) in [6.45, 7) is 0. The quantitative estimate of drug-likeness (QED) is 0.256. The third-order valence-corrected chi connectivity index (χ3v) is 7.58. The lowest BCUT2D eigenvalue weighted by Gasteiger charge is -2.07. The van der Waals surface area contributed by atoms with E-state index in [2.05, 4.69) is 19.5 Å². The van der Waals surface area contributed by atoms with Crippen LogP contribution in [-0.2, 0) is 9.09 Å². The zero-order valence-electron chi connectivity index (χ0n) is 15.7. The van der Waals surface area contributed by atoms with E-state index < -0.39 is 7.60 Å². The van der Waals surface area contributed by atoms with Gasteiger partial charge in [0.05, 0.1) is 16.2 Å². The highest BCUT2D eigenvalue weighted by Gasteiger charge is 2.19. The Labute approximate surface area is 181 Å². The van der Waals surface area contributed by atoms with Gasteiger partial charge in [0, 0.05) is 18.2 Å². The molecule has 2 aromatic heterocycles. The molecule has 0 saturated carbocycles. The van der Waals surface area contributed by atoms with Crippen molar-refractivity contribution < 1.29 is 19.1 Å². The number of H-pyrrole nitrogens is 1. The summed E-state index contributed by atoms with van der Waals surface area (Å²) in [6, 6.07) is 16.4. The highest BCUT2D eigenvalue weighted by Crippen LogP contribution is 2.45. The van der Waals surface area contributed by atoms with Crippen LogP contribution in [0.1, 0.15) is 0 Å². The molecule has 0 fully saturated rings. The highest BCUT2D eigenvalue weighted by atomic mass is 35.5. The second-order valence-corrected chi connectivity index (χ2v) is 10.2. The Bertz CT molecular complexity index is 1260. The number of aromatic nitrogens is 3. The van der Waals surface area contributed by atoms with Crippen LogP contribution in [0.3, 0.4) is 0 Å². The number of hydrogen-bond acceptors (Lipinski definition) is 6. The molecular weight excluding hydrogens is 445 g/mol. The van der Waals surface area contributed by atoms with Crippen molar-refractivity contribution >= 4 is 42.1 Å². The van der Waals surface area contributed by atoms with E-state index in [1.165, 1.54) is 7.11 Å². The molecule has 10 heteroatoms. The van der Waals surface area contributed by atoms with Crippen LogP contribution in [0.2, 0.25) is 5.02 Å². The van der Waals surface area contributed by atoms with Gasteiger partial charge in [0.25, 0.3) is 0 Å². The number of fused-ring (bicyclic) bond motifs is 1. The molecule has 154 valence electrons. The number of benzene rings is 2. The van der Waals surface area contributed by atoms with Crippen LogP contribution in [0.5, 0.6) is 5.75 Å². The molecule has 4 rings (SSSR count). The lowest BCUT2D eigenvalue weighted by Crippen LogP contribution is -1.88. The second kappa shape index (κ2) is 8.41. The summed E-state index contributed by atoms with van der Waals surface area (Å²) in [5.74, 6) is 0.213. The van der Waals surface area contributed by atoms with E-state index in [1.54, 1.807) is 18.2 Å². The minimum atomic E-state index is -3.64. The molecule has 2 heterocycles. The molecule has 4 aromatic rings. The largest absolute Gasteiger partial charge is 0.507 e. The van der Waals surface area contributed by atoms with Crippen molar-refractivity contribution in [1.29, 1.82) is 0 Å². The molecule has 0 radical (unpaired) electrons. The van der Waals surface area contributed by atoms with Crippen molar-refractivity contribution in [2.45, 2.75) is 5.16 Å². The average molecular weight is 462 g/mol. The van der Waals surface area contributed by atoms with E-state index in [-0.39, 0.29) is 11.2 Å². The number of thioether (sulfide) groups is 1. The molecule has 2 aromatic carbocycles. The van der Waals surface area contributed by atoms with Crippen LogP contribution in [0, 0.1) is 0 Å². The van der Waals surface area contributed by atoms with Crippen LogP contribution in [0.4, 0.5) is 0 Å². The van der Waals surface area contributed by atoms with Gasteiger partial charge in [0.2, 0.25) is 0 Å². The van der Waals surface area contributed by atoms with E-state index in [0.717, 1.165) is 28.5 Å². The number of hydrogen-bond donors (Lipinski definition) is 3. The molecular formula is C20H17ClN3O4PS. The first-order chi connectivity index (χ1) is 14.4. The zero-order chi connectivity index (χ0) is 21.3. The van der Waals surface area contributed by atoms with Gasteiger partial charge in [0.15, 0.2) is 10.8 Å². The smallest absolute Gasteiger partial charge is 0.338 e. The fourth-order valence-electron chi connectivity index (χ4n) is 2.89. The summed E-state index contributed by atoms with van der Waals surface area (Å²) in [6.07, 6.45) is 0. The normalized spacial score (nSPS) is 13.4. The van der Waals surface area contributed by atoms with Crippen molar-refractivity contribution in [2.24, 2.45) is 0 Å². The number of phenols is 1. The number of aromatic hydroxyl groups is 1. The Balaban J connectivity index is 1.63. The van der Waals surface area contributed by atoms with E-state index >= 15 is 0 Å². The topological polar surface area (TPSA) is 108 Å². The number of imidazole rings is 1. The summed E-state index contributed by atoms with van der Waals surface area (Å²) in [5.41, 5.74) is 3.94. The highest BCUT2D eigenvalue weighted by molar-refractivity contribution is 8.04. The summed E-state index contributed by atoms with van der Waals surface area (Å²) >= 11 is 7.51. The minimum Gasteiger partial charge on any atom is -0.507 e. The Morgan fingerprint density at radius 3 is 2.53 bits per heavy atom. The molecule has 30 heavy (non-hydrogen) atoms. The number of nitrogens with one attached hydrogen (secondary N) is 1. The molecule has 0 aliphatic rings. The third kappa shape index (κ3) is 4.38. The number of rotatable bonds is 6. The van der Waals surface area contributed by atoms with Gasteiger partial charge in [-0.1, -0.05) is 65.8 Å². The maximum atomic E-state index is 11.6. The number of phenolic OH excluding ortho intramolecular Hbond substituents is 1. The third-order valence-electron chi connectivity index (χ3n) is 4.43. The van der Waals surface area contributed by atoms with E-state index in [4.69, 9.17) is 11.6 Å². The van der Waals surface area contributed by atoms with Crippen molar-refractivity contribution in [2.75, 3.05) is 12.6 Å². The van der Waals surface area contributed by atoms with Gasteiger partial charge < -0.3 is 19.5 Å². The Kier molecular flexibility index (Phi) is 5.86. The summed E-state index contributed by atoms with van der Waals surface area (Å²) in [7, 11) is -2.45. The molecule has 0 bridgehead atoms. The van der Waals surface area contributed by atoms with Gasteiger partial charge in [0.1, 0.15) is 11.2 Å². The number of para-hydroxylation sites is 1. The first-order valence-electron chi connectivity index (χ1n) is 8.82. The molecule has 0 aliphatic carbocycles. The van der Waals surface area contributed by atoms with E-state index in [9.17, 15) is 14.6 Å². The van der Waals surface area contributed by atoms with Gasteiger partial charge in [-0.25, -0.2) is 9.97 Å². The van der Waals surface area contributed by atoms with Gasteiger partial charge in [-0.3, -0.25) is 4.57 Å². The first kappa shape index (κ1) is 20.9. The summed E-state index contributed by atoms with van der Waals surface area (Å²) in [4.78, 5) is 21.5. The average Bonchev–Trinajstić information content (AvgIpc) is 3.14. The Morgan fingerprint density at radius 2 is 1.83 bits per heavy atom. The molecule has 1 atom stereocenters. The number of pyridine rings is 1. The lowest BCUT2D eigenvalue weighted by atomic mass is 10.0. The number of aromatic amines is 1. The fraction of sp³-hybridized carbons (Fsp3) is 0.100. The molecule has 3 N–H and O–H groups in total. The number of halogens is 1. The Hall–Kier alpha value is -2.35. The van der Waals surface area contributed by atoms with E-state index in [0.29, 0.717) is 27.0 Å². The monoisotopic (exact) mass is 461 g/mol. The maximum Gasteiger partial charge on any atom is 0.338 e. The van der Waals surface area contributed by atoms with Gasteiger partial charge in [-0.15, -0.1) is 0 Å². The van der Waals surface area contributed by atoms with Crippen LogP contribution in [0.25, 0.3) is 33.5 Å². The van der Waals surface area contributed by atoms with Gasteiger partial charge in [-0.05, 0) is 17.7 Å². The van der Waals surface area contributed by atoms with Gasteiger partial charge >= 0.3 is 7.60 Å². The van der Waals surface area contributed by atoms with Crippen LogP contribution in [0.15, 0.2) is 59.8 Å². The van der Waals surface area contributed by atoms with Crippen LogP contribution in [-0.4, -0.2) is 37.6 Å². The van der Waals surface area contributed by atoms with Crippen LogP contribution < -0.4 is 0 Å². The van der Waals surface area contributed by atoms with Crippen molar-refractivity contribution in [3.05, 3.63) is 59.6 Å². The fourth-order valence-corrected chi connectivity index (χ4v) is 5.04. The predicted molar refractivity (Wildman–Crippen MR) is 119 cm³/mol. The first-order valence-corrected chi connectivity index (χ1v) is 11.9. The minimum absolute atomic E-state index is 0.127. The van der Waals surface area contributed by atoms with Crippen LogP contribution >= 0.6 is 31.0 Å². The van der Waals surface area contributed by atoms with Gasteiger partial charge in [-0.2, -0.15) is 0 Å². The van der Waals surface area contributed by atoms with Crippen molar-refractivity contribution in [1.82, 2.24) is 15.0 Å².